The summed E-state index contributed by atoms with van der Waals surface area (Å²) in [7, 11) is -3.73. The van der Waals surface area contributed by atoms with Crippen LogP contribution in [0.5, 0.6) is 0 Å². The predicted molar refractivity (Wildman–Crippen MR) is 87.5 cm³/mol. The van der Waals surface area contributed by atoms with Gasteiger partial charge in [-0.1, -0.05) is 29.8 Å². The van der Waals surface area contributed by atoms with Crippen LogP contribution in [0.15, 0.2) is 59.8 Å². The molecule has 1 heterocycles. The Kier molecular flexibility index (Phi) is 4.30. The number of rotatable bonds is 5. The fraction of sp³-hybridized carbons (Fsp3) is 0.125. The first kappa shape index (κ1) is 16.1. The van der Waals surface area contributed by atoms with Crippen molar-refractivity contribution in [3.63, 3.8) is 0 Å². The fourth-order valence-corrected chi connectivity index (χ4v) is 3.04. The summed E-state index contributed by atoms with van der Waals surface area (Å²) in [5, 5.41) is 4.08. The molecule has 0 saturated carbocycles. The number of halogens is 1. The summed E-state index contributed by atoms with van der Waals surface area (Å²) in [6.07, 6.45) is 1.41. The summed E-state index contributed by atoms with van der Waals surface area (Å²) in [5.74, 6) is -0.332. The molecular weight excluding hydrogens is 331 g/mol. The minimum absolute atomic E-state index is 0.0160. The van der Waals surface area contributed by atoms with Crippen LogP contribution in [0.1, 0.15) is 11.1 Å². The zero-order valence-electron chi connectivity index (χ0n) is 12.8. The molecule has 0 aliphatic rings. The summed E-state index contributed by atoms with van der Waals surface area (Å²) < 4.78 is 41.3. The molecule has 0 aliphatic carbocycles. The van der Waals surface area contributed by atoms with E-state index in [1.165, 1.54) is 35.3 Å². The van der Waals surface area contributed by atoms with E-state index < -0.39 is 10.0 Å². The Balaban J connectivity index is 1.73. The van der Waals surface area contributed by atoms with Crippen molar-refractivity contribution in [3.05, 3.63) is 71.8 Å². The predicted octanol–water partition coefficient (Wildman–Crippen LogP) is 2.57. The molecule has 0 radical (unpaired) electrons. The Morgan fingerprint density at radius 2 is 1.75 bits per heavy atom. The third-order valence-corrected chi connectivity index (χ3v) is 4.70. The van der Waals surface area contributed by atoms with Gasteiger partial charge in [-0.3, -0.25) is 0 Å². The molecule has 3 rings (SSSR count). The van der Waals surface area contributed by atoms with E-state index in [9.17, 15) is 12.8 Å². The van der Waals surface area contributed by atoms with Crippen molar-refractivity contribution >= 4 is 16.0 Å². The fourth-order valence-electron chi connectivity index (χ4n) is 2.09. The number of benzene rings is 2. The van der Waals surface area contributed by atoms with Gasteiger partial charge in [-0.05, 0) is 36.8 Å². The molecule has 1 N–H and O–H groups in total. The van der Waals surface area contributed by atoms with Crippen LogP contribution >= 0.6 is 0 Å². The molecule has 0 saturated heterocycles. The molecule has 0 bridgehead atoms. The molecule has 0 unspecified atom stereocenters. The maximum Gasteiger partial charge on any atom is 0.264 e. The van der Waals surface area contributed by atoms with Gasteiger partial charge in [0.05, 0.1) is 11.4 Å². The first-order chi connectivity index (χ1) is 11.4. The lowest BCUT2D eigenvalue weighted by atomic mass is 10.2. The van der Waals surface area contributed by atoms with Crippen LogP contribution in [0.25, 0.3) is 0 Å². The molecule has 6 nitrogen and oxygen atoms in total. The number of nitrogens with one attached hydrogen (secondary N) is 1. The van der Waals surface area contributed by atoms with Crippen molar-refractivity contribution in [1.29, 1.82) is 0 Å². The first-order valence-electron chi connectivity index (χ1n) is 7.16. The van der Waals surface area contributed by atoms with Crippen LogP contribution in [0, 0.1) is 12.7 Å². The lowest BCUT2D eigenvalue weighted by Crippen LogP contribution is -2.14. The lowest BCUT2D eigenvalue weighted by Gasteiger charge is -2.05. The van der Waals surface area contributed by atoms with Gasteiger partial charge >= 0.3 is 0 Å². The Bertz CT molecular complexity index is 935. The second-order valence-corrected chi connectivity index (χ2v) is 6.99. The van der Waals surface area contributed by atoms with Gasteiger partial charge in [-0.25, -0.2) is 22.2 Å². The molecule has 0 atom stereocenters. The van der Waals surface area contributed by atoms with E-state index in [1.54, 1.807) is 24.3 Å². The minimum atomic E-state index is -3.73. The highest BCUT2D eigenvalue weighted by Gasteiger charge is 2.16. The van der Waals surface area contributed by atoms with E-state index in [-0.39, 0.29) is 16.7 Å². The van der Waals surface area contributed by atoms with E-state index in [0.29, 0.717) is 6.54 Å². The number of nitrogens with zero attached hydrogens (tertiary/aromatic N) is 3. The molecular formula is C16H15FN4O2S. The Morgan fingerprint density at radius 1 is 1.08 bits per heavy atom. The van der Waals surface area contributed by atoms with Crippen LogP contribution in [0.2, 0.25) is 0 Å². The maximum atomic E-state index is 12.9. The molecule has 0 fully saturated rings. The van der Waals surface area contributed by atoms with E-state index in [2.05, 4.69) is 14.8 Å². The third kappa shape index (κ3) is 3.77. The van der Waals surface area contributed by atoms with E-state index in [1.807, 2.05) is 6.92 Å². The quantitative estimate of drug-likeness (QED) is 0.770. The van der Waals surface area contributed by atoms with E-state index in [4.69, 9.17) is 0 Å². The SMILES string of the molecule is Cc1ccc(S(=O)(=O)Nc2ncn(Cc3ccc(F)cc3)n2)cc1. The molecule has 0 aliphatic heterocycles. The summed E-state index contributed by atoms with van der Waals surface area (Å²) in [6.45, 7) is 2.24. The van der Waals surface area contributed by atoms with Gasteiger partial charge in [0.15, 0.2) is 0 Å². The summed E-state index contributed by atoms with van der Waals surface area (Å²) >= 11 is 0. The van der Waals surface area contributed by atoms with Gasteiger partial charge < -0.3 is 0 Å². The maximum absolute atomic E-state index is 12.9. The van der Waals surface area contributed by atoms with Gasteiger partial charge in [-0.2, -0.15) is 4.98 Å². The molecule has 124 valence electrons. The van der Waals surface area contributed by atoms with E-state index >= 15 is 0 Å². The molecule has 24 heavy (non-hydrogen) atoms. The molecule has 1 aromatic heterocycles. The monoisotopic (exact) mass is 346 g/mol. The highest BCUT2D eigenvalue weighted by atomic mass is 32.2. The second kappa shape index (κ2) is 6.40. The lowest BCUT2D eigenvalue weighted by molar-refractivity contribution is 0.600. The van der Waals surface area contributed by atoms with Gasteiger partial charge in [-0.15, -0.1) is 5.10 Å². The van der Waals surface area contributed by atoms with Crippen molar-refractivity contribution in [2.24, 2.45) is 0 Å². The number of anilines is 1. The molecule has 8 heteroatoms. The average molecular weight is 346 g/mol. The summed E-state index contributed by atoms with van der Waals surface area (Å²) in [5.41, 5.74) is 1.80. The largest absolute Gasteiger partial charge is 0.264 e. The van der Waals surface area contributed by atoms with Gasteiger partial charge in [0.1, 0.15) is 12.1 Å². The van der Waals surface area contributed by atoms with Gasteiger partial charge in [0.2, 0.25) is 0 Å². The molecule has 0 amide bonds. The van der Waals surface area contributed by atoms with Crippen molar-refractivity contribution in [3.8, 4) is 0 Å². The Labute approximate surface area is 139 Å². The van der Waals surface area contributed by atoms with Gasteiger partial charge in [0, 0.05) is 0 Å². The van der Waals surface area contributed by atoms with E-state index in [0.717, 1.165) is 11.1 Å². The normalized spacial score (nSPS) is 11.4. The van der Waals surface area contributed by atoms with Crippen LogP contribution in [-0.4, -0.2) is 23.2 Å². The molecule has 0 spiro atoms. The van der Waals surface area contributed by atoms with Crippen LogP contribution in [0.3, 0.4) is 0 Å². The highest BCUT2D eigenvalue weighted by Crippen LogP contribution is 2.14. The van der Waals surface area contributed by atoms with Crippen LogP contribution in [0.4, 0.5) is 10.3 Å². The van der Waals surface area contributed by atoms with Gasteiger partial charge in [0.25, 0.3) is 16.0 Å². The number of aromatic nitrogens is 3. The number of sulfonamides is 1. The van der Waals surface area contributed by atoms with Crippen molar-refractivity contribution in [2.45, 2.75) is 18.4 Å². The topological polar surface area (TPSA) is 76.9 Å². The number of aryl methyl sites for hydroxylation is 1. The average Bonchev–Trinajstić information content (AvgIpc) is 2.96. The first-order valence-corrected chi connectivity index (χ1v) is 8.64. The summed E-state index contributed by atoms with van der Waals surface area (Å²) in [6, 6.07) is 12.4. The highest BCUT2D eigenvalue weighted by molar-refractivity contribution is 7.92. The zero-order valence-corrected chi connectivity index (χ0v) is 13.7. The van der Waals surface area contributed by atoms with Crippen molar-refractivity contribution in [2.75, 3.05) is 4.72 Å². The second-order valence-electron chi connectivity index (χ2n) is 5.31. The van der Waals surface area contributed by atoms with Crippen molar-refractivity contribution < 1.29 is 12.8 Å². The minimum Gasteiger partial charge on any atom is -0.246 e. The Hall–Kier alpha value is -2.74. The third-order valence-electron chi connectivity index (χ3n) is 3.35. The number of hydrogen-bond acceptors (Lipinski definition) is 4. The summed E-state index contributed by atoms with van der Waals surface area (Å²) in [4.78, 5) is 4.09. The smallest absolute Gasteiger partial charge is 0.246 e. The Morgan fingerprint density at radius 3 is 2.42 bits per heavy atom. The molecule has 3 aromatic rings. The number of hydrogen-bond donors (Lipinski definition) is 1. The standard InChI is InChI=1S/C16H15FN4O2S/c1-12-2-8-15(9-3-12)24(22,23)20-16-18-11-21(19-16)10-13-4-6-14(17)7-5-13/h2-9,11H,10H2,1H3,(H,19,20). The van der Waals surface area contributed by atoms with Crippen molar-refractivity contribution in [1.82, 2.24) is 14.8 Å². The zero-order chi connectivity index (χ0) is 17.2. The molecule has 2 aromatic carbocycles. The van der Waals surface area contributed by atoms with Crippen LogP contribution < -0.4 is 4.72 Å². The van der Waals surface area contributed by atoms with Crippen LogP contribution in [-0.2, 0) is 16.6 Å².